The van der Waals surface area contributed by atoms with Crippen molar-refractivity contribution in [1.82, 2.24) is 9.88 Å². The summed E-state index contributed by atoms with van der Waals surface area (Å²) in [6, 6.07) is 17.7. The van der Waals surface area contributed by atoms with Crippen molar-refractivity contribution >= 4 is 12.1 Å². The lowest BCUT2D eigenvalue weighted by molar-refractivity contribution is -0.148. The van der Waals surface area contributed by atoms with Crippen LogP contribution in [0.15, 0.2) is 59.0 Å². The molecule has 1 saturated heterocycles. The highest BCUT2D eigenvalue weighted by Crippen LogP contribution is 2.30. The SMILES string of the molecule is CCOC(=O)[C@H]1CN(C(=O)OC(C)(C)C)C[C@H]1Cc1ccc(OCCc2nc(-c3ccccc3)oc2C)cc1. The topological polar surface area (TPSA) is 91.1 Å². The lowest BCUT2D eigenvalue weighted by Gasteiger charge is -2.24. The van der Waals surface area contributed by atoms with Crippen LogP contribution >= 0.6 is 0 Å². The van der Waals surface area contributed by atoms with Gasteiger partial charge in [0.1, 0.15) is 17.1 Å². The van der Waals surface area contributed by atoms with Crippen LogP contribution in [0.1, 0.15) is 44.7 Å². The summed E-state index contributed by atoms with van der Waals surface area (Å²) < 4.78 is 22.6. The van der Waals surface area contributed by atoms with E-state index in [1.54, 1.807) is 11.8 Å². The van der Waals surface area contributed by atoms with E-state index in [1.807, 2.05) is 82.3 Å². The maximum absolute atomic E-state index is 12.7. The van der Waals surface area contributed by atoms with Crippen LogP contribution in [0.4, 0.5) is 4.79 Å². The Morgan fingerprint density at radius 1 is 1.05 bits per heavy atom. The molecule has 2 heterocycles. The van der Waals surface area contributed by atoms with E-state index < -0.39 is 11.7 Å². The second-order valence-corrected chi connectivity index (χ2v) is 10.8. The molecule has 1 aromatic heterocycles. The number of hydrogen-bond acceptors (Lipinski definition) is 7. The van der Waals surface area contributed by atoms with E-state index in [0.29, 0.717) is 45.0 Å². The van der Waals surface area contributed by atoms with E-state index >= 15 is 0 Å². The van der Waals surface area contributed by atoms with Crippen LogP contribution in [0.3, 0.4) is 0 Å². The number of carbonyl (C=O) groups excluding carboxylic acids is 2. The molecule has 1 aliphatic heterocycles. The molecule has 0 unspecified atom stereocenters. The van der Waals surface area contributed by atoms with E-state index in [1.165, 1.54) is 0 Å². The quantitative estimate of drug-likeness (QED) is 0.318. The van der Waals surface area contributed by atoms with Gasteiger partial charge in [0.25, 0.3) is 0 Å². The molecule has 0 saturated carbocycles. The van der Waals surface area contributed by atoms with Crippen molar-refractivity contribution in [1.29, 1.82) is 0 Å². The summed E-state index contributed by atoms with van der Waals surface area (Å²) in [7, 11) is 0. The van der Waals surface area contributed by atoms with Crippen LogP contribution in [0.5, 0.6) is 5.75 Å². The molecule has 3 aromatic rings. The van der Waals surface area contributed by atoms with Gasteiger partial charge in [0.15, 0.2) is 0 Å². The fourth-order valence-corrected chi connectivity index (χ4v) is 4.72. The van der Waals surface area contributed by atoms with Crippen LogP contribution in [-0.4, -0.2) is 53.9 Å². The zero-order valence-corrected chi connectivity index (χ0v) is 23.4. The first-order valence-electron chi connectivity index (χ1n) is 13.5. The molecular weight excluding hydrogens is 496 g/mol. The number of benzene rings is 2. The van der Waals surface area contributed by atoms with Crippen molar-refractivity contribution in [3.8, 4) is 17.2 Å². The number of likely N-dealkylation sites (tertiary alicyclic amines) is 1. The van der Waals surface area contributed by atoms with E-state index in [9.17, 15) is 9.59 Å². The predicted molar refractivity (Wildman–Crippen MR) is 147 cm³/mol. The standard InChI is InChI=1S/C31H38N2O6/c1-6-36-29(34)26-20-33(30(35)39-31(3,4)5)19-24(26)18-22-12-14-25(15-13-22)37-17-16-27-21(2)38-28(32-27)23-10-8-7-9-11-23/h7-15,24,26H,6,16-20H2,1-5H3/t24-,26+/m1/s1. The minimum atomic E-state index is -0.596. The lowest BCUT2D eigenvalue weighted by Crippen LogP contribution is -2.36. The number of amides is 1. The summed E-state index contributed by atoms with van der Waals surface area (Å²) in [5.74, 6) is 1.45. The molecule has 0 spiro atoms. The molecule has 1 aliphatic rings. The molecule has 1 amide bonds. The molecule has 39 heavy (non-hydrogen) atoms. The molecule has 8 nitrogen and oxygen atoms in total. The first kappa shape index (κ1) is 28.2. The highest BCUT2D eigenvalue weighted by Gasteiger charge is 2.41. The van der Waals surface area contributed by atoms with Crippen molar-refractivity contribution in [3.05, 3.63) is 71.6 Å². The Balaban J connectivity index is 1.33. The highest BCUT2D eigenvalue weighted by molar-refractivity contribution is 5.76. The van der Waals surface area contributed by atoms with Crippen LogP contribution in [0.25, 0.3) is 11.5 Å². The molecule has 0 bridgehead atoms. The van der Waals surface area contributed by atoms with Gasteiger partial charge in [-0.05, 0) is 76.8 Å². The van der Waals surface area contributed by atoms with Gasteiger partial charge in [-0.3, -0.25) is 4.79 Å². The van der Waals surface area contributed by atoms with Gasteiger partial charge in [0.2, 0.25) is 5.89 Å². The second-order valence-electron chi connectivity index (χ2n) is 10.8. The fraction of sp³-hybridized carbons (Fsp3) is 0.452. The predicted octanol–water partition coefficient (Wildman–Crippen LogP) is 5.86. The molecule has 8 heteroatoms. The van der Waals surface area contributed by atoms with E-state index in [2.05, 4.69) is 4.98 Å². The fourth-order valence-electron chi connectivity index (χ4n) is 4.72. The van der Waals surface area contributed by atoms with Gasteiger partial charge in [-0.15, -0.1) is 0 Å². The van der Waals surface area contributed by atoms with Gasteiger partial charge in [0.05, 0.1) is 24.8 Å². The Labute approximate surface area is 230 Å². The summed E-state index contributed by atoms with van der Waals surface area (Å²) in [6.45, 7) is 10.7. The van der Waals surface area contributed by atoms with Gasteiger partial charge < -0.3 is 23.5 Å². The monoisotopic (exact) mass is 534 g/mol. The number of aryl methyl sites for hydroxylation is 1. The van der Waals surface area contributed by atoms with Crippen LogP contribution < -0.4 is 4.74 Å². The van der Waals surface area contributed by atoms with Crippen molar-refractivity contribution in [2.75, 3.05) is 26.3 Å². The molecule has 0 radical (unpaired) electrons. The molecule has 4 rings (SSSR count). The van der Waals surface area contributed by atoms with Crippen molar-refractivity contribution in [2.45, 2.75) is 53.1 Å². The van der Waals surface area contributed by atoms with Crippen LogP contribution in [0, 0.1) is 18.8 Å². The Morgan fingerprint density at radius 3 is 2.44 bits per heavy atom. The molecule has 208 valence electrons. The highest BCUT2D eigenvalue weighted by atomic mass is 16.6. The van der Waals surface area contributed by atoms with Gasteiger partial charge in [0, 0.05) is 25.1 Å². The minimum Gasteiger partial charge on any atom is -0.493 e. The average molecular weight is 535 g/mol. The molecule has 1 fully saturated rings. The van der Waals surface area contributed by atoms with Crippen LogP contribution in [-0.2, 0) is 27.1 Å². The lowest BCUT2D eigenvalue weighted by atomic mass is 9.90. The molecule has 0 aliphatic carbocycles. The smallest absolute Gasteiger partial charge is 0.410 e. The molecule has 2 aromatic carbocycles. The summed E-state index contributed by atoms with van der Waals surface area (Å²) >= 11 is 0. The number of esters is 1. The first-order chi connectivity index (χ1) is 18.6. The third kappa shape index (κ3) is 7.62. The van der Waals surface area contributed by atoms with Crippen molar-refractivity contribution in [2.24, 2.45) is 11.8 Å². The Bertz CT molecular complexity index is 1250. The Hall–Kier alpha value is -3.81. The average Bonchev–Trinajstić information content (AvgIpc) is 3.48. The molecule has 2 atom stereocenters. The first-order valence-corrected chi connectivity index (χ1v) is 13.5. The van der Waals surface area contributed by atoms with Crippen LogP contribution in [0.2, 0.25) is 0 Å². The number of oxazole rings is 1. The van der Waals surface area contributed by atoms with Gasteiger partial charge in [-0.2, -0.15) is 0 Å². The second kappa shape index (κ2) is 12.4. The summed E-state index contributed by atoms with van der Waals surface area (Å²) in [5, 5.41) is 0. The third-order valence-electron chi connectivity index (χ3n) is 6.62. The zero-order valence-electron chi connectivity index (χ0n) is 23.4. The molecular formula is C31H38N2O6. The van der Waals surface area contributed by atoms with Gasteiger partial charge in [-0.1, -0.05) is 30.3 Å². The van der Waals surface area contributed by atoms with Crippen molar-refractivity contribution in [3.63, 3.8) is 0 Å². The number of nitrogens with zero attached hydrogens (tertiary/aromatic N) is 2. The van der Waals surface area contributed by atoms with Gasteiger partial charge in [-0.25, -0.2) is 9.78 Å². The van der Waals surface area contributed by atoms with E-state index in [-0.39, 0.29) is 17.8 Å². The van der Waals surface area contributed by atoms with Gasteiger partial charge >= 0.3 is 12.1 Å². The number of rotatable bonds is 9. The number of ether oxygens (including phenoxy) is 3. The number of hydrogen-bond donors (Lipinski definition) is 0. The summed E-state index contributed by atoms with van der Waals surface area (Å²) in [4.78, 5) is 31.6. The third-order valence-corrected chi connectivity index (χ3v) is 6.62. The normalized spacial score (nSPS) is 17.2. The summed E-state index contributed by atoms with van der Waals surface area (Å²) in [6.07, 6.45) is 0.873. The van der Waals surface area contributed by atoms with E-state index in [0.717, 1.165) is 28.3 Å². The number of aromatic nitrogens is 1. The maximum Gasteiger partial charge on any atom is 0.410 e. The Morgan fingerprint density at radius 2 is 1.77 bits per heavy atom. The minimum absolute atomic E-state index is 0.0581. The Kier molecular flexibility index (Phi) is 8.94. The molecule has 0 N–H and O–H groups in total. The van der Waals surface area contributed by atoms with Crippen molar-refractivity contribution < 1.29 is 28.2 Å². The largest absolute Gasteiger partial charge is 0.493 e. The maximum atomic E-state index is 12.7. The van der Waals surface area contributed by atoms with E-state index in [4.69, 9.17) is 18.6 Å². The summed E-state index contributed by atoms with van der Waals surface area (Å²) in [5.41, 5.74) is 2.30. The number of carbonyl (C=O) groups is 2. The zero-order chi connectivity index (χ0) is 28.0.